The number of para-hydroxylation sites is 1. The molecule has 0 aromatic heterocycles. The molecule has 1 aromatic carbocycles. The summed E-state index contributed by atoms with van der Waals surface area (Å²) >= 11 is 7.74. The van der Waals surface area contributed by atoms with Gasteiger partial charge in [0.25, 0.3) is 0 Å². The summed E-state index contributed by atoms with van der Waals surface area (Å²) in [4.78, 5) is 0. The lowest BCUT2D eigenvalue weighted by atomic mass is 10.1. The topological polar surface area (TPSA) is 9.23 Å². The molecule has 1 nitrogen and oxygen atoms in total. The maximum absolute atomic E-state index is 5.60. The van der Waals surface area contributed by atoms with Crippen molar-refractivity contribution in [2.75, 3.05) is 0 Å². The normalized spacial score (nSPS) is 27.5. The zero-order valence-corrected chi connectivity index (χ0v) is 8.94. The van der Waals surface area contributed by atoms with Crippen molar-refractivity contribution in [3.8, 4) is 5.75 Å². The minimum absolute atomic E-state index is 0.471. The van der Waals surface area contributed by atoms with Crippen molar-refractivity contribution >= 4 is 28.6 Å². The lowest BCUT2D eigenvalue weighted by Gasteiger charge is -2.29. The predicted octanol–water partition coefficient (Wildman–Crippen LogP) is 2.99. The Bertz CT molecular complexity index is 298. The van der Waals surface area contributed by atoms with Gasteiger partial charge in [0.1, 0.15) is 5.75 Å². The second kappa shape index (κ2) is 2.96. The third-order valence-corrected chi connectivity index (χ3v) is 2.81. The highest BCUT2D eigenvalue weighted by atomic mass is 79.9. The highest BCUT2D eigenvalue weighted by molar-refractivity contribution is 9.11. The first-order valence-corrected chi connectivity index (χ1v) is 5.10. The Labute approximate surface area is 85.7 Å². The summed E-state index contributed by atoms with van der Waals surface area (Å²) in [6, 6.07) is 8.06. The number of benzene rings is 1. The fourth-order valence-electron chi connectivity index (χ4n) is 1.32. The van der Waals surface area contributed by atoms with Crippen LogP contribution in [0.1, 0.15) is 12.0 Å². The van der Waals surface area contributed by atoms with Gasteiger partial charge in [0, 0.05) is 6.42 Å². The summed E-state index contributed by atoms with van der Waals surface area (Å²) in [5.74, 6) is 0.940. The third kappa shape index (κ3) is 1.62. The number of fused-ring (bicyclic) bond motifs is 1. The van der Waals surface area contributed by atoms with Gasteiger partial charge in [0.2, 0.25) is 3.84 Å². The van der Waals surface area contributed by atoms with E-state index in [9.17, 15) is 0 Å². The number of halogens is 1. The van der Waals surface area contributed by atoms with Crippen LogP contribution < -0.4 is 4.74 Å². The van der Waals surface area contributed by atoms with Gasteiger partial charge in [-0.2, -0.15) is 0 Å². The van der Waals surface area contributed by atoms with Crippen LogP contribution >= 0.6 is 28.6 Å². The van der Waals surface area contributed by atoms with Crippen LogP contribution in [0.4, 0.5) is 0 Å². The van der Waals surface area contributed by atoms with Crippen molar-refractivity contribution in [3.63, 3.8) is 0 Å². The van der Waals surface area contributed by atoms with Gasteiger partial charge in [-0.3, -0.25) is 0 Å². The molecule has 0 aliphatic carbocycles. The van der Waals surface area contributed by atoms with Gasteiger partial charge in [0.05, 0.1) is 0 Å². The smallest absolute Gasteiger partial charge is 0.207 e. The Morgan fingerprint density at radius 1 is 1.42 bits per heavy atom. The molecule has 1 aromatic rings. The molecule has 0 bridgehead atoms. The average molecular weight is 245 g/mol. The molecule has 0 N–H and O–H groups in total. The van der Waals surface area contributed by atoms with Gasteiger partial charge < -0.3 is 4.74 Å². The molecule has 0 amide bonds. The van der Waals surface area contributed by atoms with Crippen LogP contribution in [0, 0.1) is 0 Å². The molecule has 1 unspecified atom stereocenters. The van der Waals surface area contributed by atoms with Crippen LogP contribution in [0.3, 0.4) is 0 Å². The molecule has 64 valence electrons. The van der Waals surface area contributed by atoms with E-state index in [2.05, 4.69) is 34.6 Å². The van der Waals surface area contributed by atoms with Gasteiger partial charge in [-0.15, -0.1) is 12.6 Å². The Morgan fingerprint density at radius 3 is 3.00 bits per heavy atom. The molecule has 0 saturated carbocycles. The lowest BCUT2D eigenvalue weighted by Crippen LogP contribution is -2.26. The maximum Gasteiger partial charge on any atom is 0.207 e. The Kier molecular flexibility index (Phi) is 2.09. The molecule has 1 atom stereocenters. The molecule has 1 aliphatic rings. The summed E-state index contributed by atoms with van der Waals surface area (Å²) in [5, 5.41) is 0. The van der Waals surface area contributed by atoms with Crippen LogP contribution in [0.25, 0.3) is 0 Å². The number of alkyl halides is 1. The van der Waals surface area contributed by atoms with Crippen LogP contribution in [0.5, 0.6) is 5.75 Å². The summed E-state index contributed by atoms with van der Waals surface area (Å²) in [6.07, 6.45) is 1.91. The highest BCUT2D eigenvalue weighted by Gasteiger charge is 2.28. The van der Waals surface area contributed by atoms with Gasteiger partial charge in [-0.25, -0.2) is 0 Å². The van der Waals surface area contributed by atoms with E-state index in [1.165, 1.54) is 5.56 Å². The molecular formula is C9H9BrOS. The number of thiol groups is 1. The van der Waals surface area contributed by atoms with E-state index in [0.29, 0.717) is 0 Å². The lowest BCUT2D eigenvalue weighted by molar-refractivity contribution is 0.234. The van der Waals surface area contributed by atoms with Crippen LogP contribution in [-0.4, -0.2) is 3.84 Å². The fourth-order valence-corrected chi connectivity index (χ4v) is 1.90. The molecule has 0 saturated heterocycles. The van der Waals surface area contributed by atoms with Gasteiger partial charge in [0.15, 0.2) is 0 Å². The van der Waals surface area contributed by atoms with E-state index in [0.717, 1.165) is 18.6 Å². The van der Waals surface area contributed by atoms with E-state index in [1.54, 1.807) is 0 Å². The molecule has 0 spiro atoms. The van der Waals surface area contributed by atoms with Crippen molar-refractivity contribution in [2.24, 2.45) is 0 Å². The van der Waals surface area contributed by atoms with E-state index in [1.807, 2.05) is 18.2 Å². The van der Waals surface area contributed by atoms with Crippen molar-refractivity contribution in [3.05, 3.63) is 29.8 Å². The number of ether oxygens (including phenoxy) is 1. The van der Waals surface area contributed by atoms with Crippen LogP contribution in [0.15, 0.2) is 24.3 Å². The molecule has 2 rings (SSSR count). The summed E-state index contributed by atoms with van der Waals surface area (Å²) in [7, 11) is 0. The van der Waals surface area contributed by atoms with Crippen molar-refractivity contribution in [2.45, 2.75) is 16.7 Å². The van der Waals surface area contributed by atoms with Crippen LogP contribution in [-0.2, 0) is 6.42 Å². The molecule has 12 heavy (non-hydrogen) atoms. The molecule has 1 heterocycles. The fraction of sp³-hybridized carbons (Fsp3) is 0.333. The SMILES string of the molecule is SC1(Br)CCc2ccccc2O1. The molecular weight excluding hydrogens is 236 g/mol. The first-order valence-electron chi connectivity index (χ1n) is 3.86. The van der Waals surface area contributed by atoms with Crippen molar-refractivity contribution < 1.29 is 4.74 Å². The number of hydrogen-bond donors (Lipinski definition) is 1. The second-order valence-electron chi connectivity index (χ2n) is 2.90. The zero-order valence-electron chi connectivity index (χ0n) is 6.46. The Morgan fingerprint density at radius 2 is 2.17 bits per heavy atom. The third-order valence-electron chi connectivity index (χ3n) is 1.94. The van der Waals surface area contributed by atoms with E-state index in [4.69, 9.17) is 4.74 Å². The van der Waals surface area contributed by atoms with Crippen LogP contribution in [0.2, 0.25) is 0 Å². The quantitative estimate of drug-likeness (QED) is 0.546. The first-order chi connectivity index (χ1) is 5.67. The standard InChI is InChI=1S/C9H9BrOS/c10-9(12)6-5-7-3-1-2-4-8(7)11-9/h1-4,12H,5-6H2. The molecule has 3 heteroatoms. The monoisotopic (exact) mass is 244 g/mol. The van der Waals surface area contributed by atoms with E-state index < -0.39 is 3.84 Å². The Balaban J connectivity index is 2.35. The highest BCUT2D eigenvalue weighted by Crippen LogP contribution is 2.38. The minimum Gasteiger partial charge on any atom is -0.467 e. The number of hydrogen-bond acceptors (Lipinski definition) is 2. The van der Waals surface area contributed by atoms with E-state index >= 15 is 0 Å². The first kappa shape index (κ1) is 8.45. The predicted molar refractivity (Wildman–Crippen MR) is 56.0 cm³/mol. The number of rotatable bonds is 0. The van der Waals surface area contributed by atoms with E-state index in [-0.39, 0.29) is 0 Å². The Hall–Kier alpha value is -0.150. The largest absolute Gasteiger partial charge is 0.467 e. The second-order valence-corrected chi connectivity index (χ2v) is 5.52. The van der Waals surface area contributed by atoms with Crippen molar-refractivity contribution in [1.82, 2.24) is 0 Å². The van der Waals surface area contributed by atoms with Gasteiger partial charge in [-0.05, 0) is 34.0 Å². The molecule has 1 aliphatic heterocycles. The molecule has 0 radical (unpaired) electrons. The zero-order chi connectivity index (χ0) is 8.60. The van der Waals surface area contributed by atoms with Gasteiger partial charge in [-0.1, -0.05) is 18.2 Å². The van der Waals surface area contributed by atoms with Gasteiger partial charge >= 0.3 is 0 Å². The summed E-state index contributed by atoms with van der Waals surface area (Å²) < 4.78 is 5.13. The summed E-state index contributed by atoms with van der Waals surface area (Å²) in [6.45, 7) is 0. The number of aryl methyl sites for hydroxylation is 1. The maximum atomic E-state index is 5.60. The van der Waals surface area contributed by atoms with Crippen molar-refractivity contribution in [1.29, 1.82) is 0 Å². The average Bonchev–Trinajstić information content (AvgIpc) is 2.02. The summed E-state index contributed by atoms with van der Waals surface area (Å²) in [5.41, 5.74) is 1.27. The molecule has 0 fully saturated rings. The minimum atomic E-state index is -0.471.